The van der Waals surface area contributed by atoms with Crippen LogP contribution in [0.2, 0.25) is 0 Å². The molecule has 1 aromatic heterocycles. The van der Waals surface area contributed by atoms with E-state index < -0.39 is 24.5 Å². The Labute approximate surface area is 110 Å². The van der Waals surface area contributed by atoms with Crippen LogP contribution in [-0.4, -0.2) is 24.5 Å². The zero-order valence-corrected chi connectivity index (χ0v) is 10.8. The van der Waals surface area contributed by atoms with Crippen LogP contribution in [-0.2, 0) is 20.9 Å². The summed E-state index contributed by atoms with van der Waals surface area (Å²) in [5.41, 5.74) is 0. The van der Waals surface area contributed by atoms with Gasteiger partial charge in [-0.15, -0.1) is 0 Å². The first-order valence-corrected chi connectivity index (χ1v) is 5.75. The minimum atomic E-state index is -0.689. The van der Waals surface area contributed by atoms with Crippen molar-refractivity contribution in [1.29, 1.82) is 0 Å². The standard InChI is InChI=1S/C12H16N2O5/c1-8(2)11(16)19-7-10(15)14-12(17)13-6-9-4-3-5-18-9/h3-5,8H,6-7H2,1-2H3,(H2,13,14,15,17). The van der Waals surface area contributed by atoms with Crippen molar-refractivity contribution in [3.63, 3.8) is 0 Å². The highest BCUT2D eigenvalue weighted by atomic mass is 16.5. The van der Waals surface area contributed by atoms with Gasteiger partial charge in [0.2, 0.25) is 0 Å². The Hall–Kier alpha value is -2.31. The lowest BCUT2D eigenvalue weighted by atomic mass is 10.2. The van der Waals surface area contributed by atoms with E-state index in [0.717, 1.165) is 0 Å². The quantitative estimate of drug-likeness (QED) is 0.770. The number of ether oxygens (including phenoxy) is 1. The zero-order valence-electron chi connectivity index (χ0n) is 10.8. The molecule has 0 saturated heterocycles. The molecule has 0 aromatic carbocycles. The number of urea groups is 1. The van der Waals surface area contributed by atoms with E-state index in [0.29, 0.717) is 5.76 Å². The van der Waals surface area contributed by atoms with Crippen molar-refractivity contribution in [2.24, 2.45) is 5.92 Å². The van der Waals surface area contributed by atoms with E-state index in [4.69, 9.17) is 4.42 Å². The molecule has 0 bridgehead atoms. The number of amides is 3. The third-order valence-electron chi connectivity index (χ3n) is 2.07. The second-order valence-corrected chi connectivity index (χ2v) is 4.07. The van der Waals surface area contributed by atoms with E-state index in [1.54, 1.807) is 26.0 Å². The van der Waals surface area contributed by atoms with Gasteiger partial charge in [-0.05, 0) is 12.1 Å². The Balaban J connectivity index is 2.21. The van der Waals surface area contributed by atoms with Gasteiger partial charge in [0.1, 0.15) is 5.76 Å². The highest BCUT2D eigenvalue weighted by Gasteiger charge is 2.13. The lowest BCUT2D eigenvalue weighted by Gasteiger charge is -2.07. The molecule has 0 atom stereocenters. The van der Waals surface area contributed by atoms with Gasteiger partial charge < -0.3 is 14.5 Å². The van der Waals surface area contributed by atoms with Crippen molar-refractivity contribution in [2.45, 2.75) is 20.4 Å². The van der Waals surface area contributed by atoms with Crippen LogP contribution in [0.15, 0.2) is 22.8 Å². The maximum Gasteiger partial charge on any atom is 0.321 e. The summed E-state index contributed by atoms with van der Waals surface area (Å²) in [7, 11) is 0. The van der Waals surface area contributed by atoms with Crippen LogP contribution < -0.4 is 10.6 Å². The maximum absolute atomic E-state index is 11.3. The molecule has 104 valence electrons. The molecule has 0 aliphatic carbocycles. The van der Waals surface area contributed by atoms with E-state index in [-0.39, 0.29) is 12.5 Å². The summed E-state index contributed by atoms with van der Waals surface area (Å²) in [6.07, 6.45) is 1.48. The maximum atomic E-state index is 11.3. The van der Waals surface area contributed by atoms with Gasteiger partial charge >= 0.3 is 12.0 Å². The number of imide groups is 1. The molecule has 0 spiro atoms. The van der Waals surface area contributed by atoms with Crippen LogP contribution >= 0.6 is 0 Å². The third kappa shape index (κ3) is 5.71. The minimum Gasteiger partial charge on any atom is -0.467 e. The Kier molecular flexibility index (Phi) is 5.59. The first-order chi connectivity index (χ1) is 8.99. The van der Waals surface area contributed by atoms with Gasteiger partial charge in [0.25, 0.3) is 5.91 Å². The van der Waals surface area contributed by atoms with Crippen molar-refractivity contribution >= 4 is 17.9 Å². The predicted molar refractivity (Wildman–Crippen MR) is 64.9 cm³/mol. The molecule has 3 amide bonds. The summed E-state index contributed by atoms with van der Waals surface area (Å²) in [4.78, 5) is 33.7. The van der Waals surface area contributed by atoms with Gasteiger partial charge in [-0.2, -0.15) is 0 Å². The van der Waals surface area contributed by atoms with E-state index in [2.05, 4.69) is 10.1 Å². The Morgan fingerprint density at radius 2 is 2.11 bits per heavy atom. The Morgan fingerprint density at radius 3 is 2.68 bits per heavy atom. The summed E-state index contributed by atoms with van der Waals surface area (Å²) >= 11 is 0. The normalized spacial score (nSPS) is 10.1. The smallest absolute Gasteiger partial charge is 0.321 e. The summed E-state index contributed by atoms with van der Waals surface area (Å²) in [6, 6.07) is 2.69. The van der Waals surface area contributed by atoms with Crippen LogP contribution in [0.3, 0.4) is 0 Å². The van der Waals surface area contributed by atoms with Gasteiger partial charge in [0.15, 0.2) is 6.61 Å². The molecule has 7 heteroatoms. The van der Waals surface area contributed by atoms with Gasteiger partial charge in [0, 0.05) is 0 Å². The first kappa shape index (κ1) is 14.7. The molecular formula is C12H16N2O5. The zero-order chi connectivity index (χ0) is 14.3. The molecule has 0 radical (unpaired) electrons. The van der Waals surface area contributed by atoms with Crippen molar-refractivity contribution < 1.29 is 23.5 Å². The van der Waals surface area contributed by atoms with Gasteiger partial charge in [0.05, 0.1) is 18.7 Å². The molecule has 0 aliphatic heterocycles. The number of hydrogen-bond acceptors (Lipinski definition) is 5. The predicted octanol–water partition coefficient (Wildman–Crippen LogP) is 0.805. The molecule has 0 saturated carbocycles. The van der Waals surface area contributed by atoms with E-state index in [9.17, 15) is 14.4 Å². The second-order valence-electron chi connectivity index (χ2n) is 4.07. The molecule has 19 heavy (non-hydrogen) atoms. The number of furan rings is 1. The number of esters is 1. The van der Waals surface area contributed by atoms with Crippen LogP contribution in [0.4, 0.5) is 4.79 Å². The summed E-state index contributed by atoms with van der Waals surface area (Å²) in [6.45, 7) is 2.98. The minimum absolute atomic E-state index is 0.165. The SMILES string of the molecule is CC(C)C(=O)OCC(=O)NC(=O)NCc1ccco1. The summed E-state index contributed by atoms with van der Waals surface area (Å²) < 4.78 is 9.66. The van der Waals surface area contributed by atoms with Crippen LogP contribution in [0.25, 0.3) is 0 Å². The summed E-state index contributed by atoms with van der Waals surface area (Å²) in [5.74, 6) is -0.938. The van der Waals surface area contributed by atoms with Crippen LogP contribution in [0.5, 0.6) is 0 Å². The van der Waals surface area contributed by atoms with Crippen molar-refractivity contribution in [2.75, 3.05) is 6.61 Å². The average Bonchev–Trinajstić information content (AvgIpc) is 2.86. The number of nitrogens with one attached hydrogen (secondary N) is 2. The molecule has 0 fully saturated rings. The fourth-order valence-corrected chi connectivity index (χ4v) is 1.09. The van der Waals surface area contributed by atoms with Crippen molar-refractivity contribution in [3.8, 4) is 0 Å². The molecule has 1 aromatic rings. The van der Waals surface area contributed by atoms with Gasteiger partial charge in [-0.1, -0.05) is 13.8 Å². The molecule has 1 rings (SSSR count). The Morgan fingerprint density at radius 1 is 1.37 bits per heavy atom. The molecule has 1 heterocycles. The average molecular weight is 268 g/mol. The molecule has 0 unspecified atom stereocenters. The lowest BCUT2D eigenvalue weighted by Crippen LogP contribution is -2.41. The van der Waals surface area contributed by atoms with Crippen molar-refractivity contribution in [1.82, 2.24) is 10.6 Å². The van der Waals surface area contributed by atoms with E-state index in [1.165, 1.54) is 6.26 Å². The van der Waals surface area contributed by atoms with E-state index in [1.807, 2.05) is 5.32 Å². The van der Waals surface area contributed by atoms with Crippen molar-refractivity contribution in [3.05, 3.63) is 24.2 Å². The number of rotatable bonds is 5. The second kappa shape index (κ2) is 7.20. The largest absolute Gasteiger partial charge is 0.467 e. The first-order valence-electron chi connectivity index (χ1n) is 5.75. The fraction of sp³-hybridized carbons (Fsp3) is 0.417. The monoisotopic (exact) mass is 268 g/mol. The van der Waals surface area contributed by atoms with Gasteiger partial charge in [-0.25, -0.2) is 4.79 Å². The fourth-order valence-electron chi connectivity index (χ4n) is 1.09. The lowest BCUT2D eigenvalue weighted by molar-refractivity contribution is -0.151. The highest BCUT2D eigenvalue weighted by Crippen LogP contribution is 1.98. The molecular weight excluding hydrogens is 252 g/mol. The molecule has 7 nitrogen and oxygen atoms in total. The summed E-state index contributed by atoms with van der Waals surface area (Å²) in [5, 5.41) is 4.45. The van der Waals surface area contributed by atoms with Gasteiger partial charge in [-0.3, -0.25) is 14.9 Å². The van der Waals surface area contributed by atoms with Crippen LogP contribution in [0, 0.1) is 5.92 Å². The molecule has 0 aliphatic rings. The topological polar surface area (TPSA) is 97.6 Å². The Bertz CT molecular complexity index is 439. The third-order valence-corrected chi connectivity index (χ3v) is 2.07. The number of carbonyl (C=O) groups excluding carboxylic acids is 3. The number of carbonyl (C=O) groups is 3. The number of hydrogen-bond donors (Lipinski definition) is 2. The molecule has 2 N–H and O–H groups in total. The van der Waals surface area contributed by atoms with Crippen LogP contribution in [0.1, 0.15) is 19.6 Å². The highest BCUT2D eigenvalue weighted by molar-refractivity contribution is 5.95. The van der Waals surface area contributed by atoms with E-state index >= 15 is 0 Å².